The number of unbranched alkanes of at least 4 members (excludes halogenated alkanes) is 27. The van der Waals surface area contributed by atoms with E-state index in [4.69, 9.17) is 14.2 Å². The summed E-state index contributed by atoms with van der Waals surface area (Å²) in [5, 5.41) is 9.57. The second-order valence-corrected chi connectivity index (χ2v) is 19.6. The van der Waals surface area contributed by atoms with Crippen molar-refractivity contribution in [1.29, 1.82) is 0 Å². The molecular weight excluding hydrogens is 763 g/mol. The average Bonchev–Trinajstić information content (AvgIpc) is 3.22. The minimum Gasteiger partial charge on any atom is -0.466 e. The van der Waals surface area contributed by atoms with Crippen molar-refractivity contribution >= 4 is 33.7 Å². The number of carbonyl (C=O) groups excluding carboxylic acids is 2. The Labute approximate surface area is 368 Å². The van der Waals surface area contributed by atoms with Gasteiger partial charge in [-0.15, -0.1) is 0 Å². The first-order chi connectivity index (χ1) is 28.6. The molecule has 0 radical (unpaired) electrons. The van der Waals surface area contributed by atoms with Gasteiger partial charge < -0.3 is 24.2 Å². The third-order valence-corrected chi connectivity index (χ3v) is 13.7. The van der Waals surface area contributed by atoms with Gasteiger partial charge >= 0.3 is 12.1 Å². The molecule has 0 aromatic rings. The molecule has 0 saturated carbocycles. The number of nitrogens with zero attached hydrogens (tertiary/aromatic N) is 1. The van der Waals surface area contributed by atoms with Crippen LogP contribution in [0.2, 0.25) is 0 Å². The first-order valence-corrected chi connectivity index (χ1v) is 27.6. The second kappa shape index (κ2) is 49.0. The SMILES string of the molecule is CCCCCCCCCCCC(CCCCCC)OC(=O)OCCCCCCCCN(CCO)CCCCCCCCOC(=O)CCSSCCCCCCCCC. The fourth-order valence-electron chi connectivity index (χ4n) is 7.45. The molecule has 0 rings (SSSR count). The van der Waals surface area contributed by atoms with Crippen molar-refractivity contribution < 1.29 is 28.9 Å². The van der Waals surface area contributed by atoms with Crippen LogP contribution in [0, 0.1) is 0 Å². The predicted molar refractivity (Wildman–Crippen MR) is 254 cm³/mol. The maximum atomic E-state index is 12.5. The normalized spacial score (nSPS) is 12.0. The van der Waals surface area contributed by atoms with E-state index in [9.17, 15) is 14.7 Å². The highest BCUT2D eigenvalue weighted by molar-refractivity contribution is 8.76. The van der Waals surface area contributed by atoms with Crippen molar-refractivity contribution in [3.8, 4) is 0 Å². The van der Waals surface area contributed by atoms with Gasteiger partial charge in [-0.2, -0.15) is 0 Å². The van der Waals surface area contributed by atoms with E-state index in [-0.39, 0.29) is 18.7 Å². The Balaban J connectivity index is 3.78. The Morgan fingerprint density at radius 1 is 0.466 bits per heavy atom. The zero-order chi connectivity index (χ0) is 42.3. The molecule has 58 heavy (non-hydrogen) atoms. The van der Waals surface area contributed by atoms with Crippen molar-refractivity contribution in [2.45, 2.75) is 252 Å². The average molecular weight is 860 g/mol. The van der Waals surface area contributed by atoms with Gasteiger partial charge in [0.15, 0.2) is 0 Å². The van der Waals surface area contributed by atoms with Gasteiger partial charge in [0.1, 0.15) is 6.10 Å². The van der Waals surface area contributed by atoms with E-state index in [2.05, 4.69) is 25.7 Å². The molecule has 1 N–H and O–H groups in total. The van der Waals surface area contributed by atoms with E-state index in [0.29, 0.717) is 19.6 Å². The first-order valence-electron chi connectivity index (χ1n) is 25.1. The number of aliphatic hydroxyl groups is 1. The van der Waals surface area contributed by atoms with E-state index in [1.165, 1.54) is 160 Å². The Hall–Kier alpha value is -0.640. The van der Waals surface area contributed by atoms with Gasteiger partial charge in [-0.25, -0.2) is 4.79 Å². The predicted octanol–water partition coefficient (Wildman–Crippen LogP) is 15.4. The van der Waals surface area contributed by atoms with Crippen LogP contribution in [-0.4, -0.2) is 79.2 Å². The van der Waals surface area contributed by atoms with E-state index in [1.54, 1.807) is 0 Å². The van der Waals surface area contributed by atoms with E-state index < -0.39 is 6.16 Å². The highest BCUT2D eigenvalue weighted by atomic mass is 33.1. The van der Waals surface area contributed by atoms with Gasteiger partial charge in [0.05, 0.1) is 26.2 Å². The number of carbonyl (C=O) groups is 2. The van der Waals surface area contributed by atoms with Crippen LogP contribution in [0.5, 0.6) is 0 Å². The summed E-state index contributed by atoms with van der Waals surface area (Å²) in [6.45, 7) is 10.9. The second-order valence-electron chi connectivity index (χ2n) is 16.8. The molecule has 0 saturated heterocycles. The van der Waals surface area contributed by atoms with Gasteiger partial charge in [0.25, 0.3) is 0 Å². The van der Waals surface area contributed by atoms with Crippen molar-refractivity contribution in [3.63, 3.8) is 0 Å². The summed E-state index contributed by atoms with van der Waals surface area (Å²) in [6.07, 6.45) is 41.6. The molecule has 0 bridgehead atoms. The van der Waals surface area contributed by atoms with Crippen LogP contribution in [0.1, 0.15) is 245 Å². The quantitative estimate of drug-likeness (QED) is 0.0365. The maximum absolute atomic E-state index is 12.5. The summed E-state index contributed by atoms with van der Waals surface area (Å²) in [7, 11) is 3.72. The van der Waals surface area contributed by atoms with Gasteiger partial charge in [0.2, 0.25) is 0 Å². The largest absolute Gasteiger partial charge is 0.508 e. The third kappa shape index (κ3) is 44.9. The molecule has 0 aliphatic rings. The minimum absolute atomic E-state index is 0.00119. The zero-order valence-electron chi connectivity index (χ0n) is 38.7. The van der Waals surface area contributed by atoms with Crippen LogP contribution < -0.4 is 0 Å². The Morgan fingerprint density at radius 3 is 1.36 bits per heavy atom. The lowest BCUT2D eigenvalue weighted by Gasteiger charge is -2.21. The van der Waals surface area contributed by atoms with Crippen molar-refractivity contribution in [2.24, 2.45) is 0 Å². The van der Waals surface area contributed by atoms with Gasteiger partial charge in [0, 0.05) is 18.1 Å². The van der Waals surface area contributed by atoms with E-state index >= 15 is 0 Å². The van der Waals surface area contributed by atoms with Gasteiger partial charge in [-0.1, -0.05) is 203 Å². The monoisotopic (exact) mass is 860 g/mol. The van der Waals surface area contributed by atoms with E-state index in [1.807, 2.05) is 21.6 Å². The summed E-state index contributed by atoms with van der Waals surface area (Å²) < 4.78 is 16.7. The van der Waals surface area contributed by atoms with Crippen molar-refractivity contribution in [2.75, 3.05) is 51.0 Å². The fraction of sp³-hybridized carbons (Fsp3) is 0.959. The smallest absolute Gasteiger partial charge is 0.466 e. The van der Waals surface area contributed by atoms with Crippen LogP contribution in [-0.2, 0) is 19.0 Å². The molecule has 0 aliphatic heterocycles. The number of hydrogen-bond acceptors (Lipinski definition) is 9. The summed E-state index contributed by atoms with van der Waals surface area (Å²) in [6, 6.07) is 0. The topological polar surface area (TPSA) is 85.3 Å². The lowest BCUT2D eigenvalue weighted by molar-refractivity contribution is -0.143. The molecule has 1 atom stereocenters. The van der Waals surface area contributed by atoms with E-state index in [0.717, 1.165) is 89.6 Å². The molecule has 346 valence electrons. The molecule has 9 heteroatoms. The Kier molecular flexibility index (Phi) is 48.5. The summed E-state index contributed by atoms with van der Waals surface area (Å²) in [5.41, 5.74) is 0. The molecule has 0 fully saturated rings. The van der Waals surface area contributed by atoms with Gasteiger partial charge in [-0.3, -0.25) is 4.79 Å². The summed E-state index contributed by atoms with van der Waals surface area (Å²) >= 11 is 0. The summed E-state index contributed by atoms with van der Waals surface area (Å²) in [5.74, 6) is 1.99. The Morgan fingerprint density at radius 2 is 0.862 bits per heavy atom. The van der Waals surface area contributed by atoms with Crippen LogP contribution in [0.3, 0.4) is 0 Å². The number of esters is 1. The molecule has 0 aromatic carbocycles. The third-order valence-electron chi connectivity index (χ3n) is 11.2. The van der Waals surface area contributed by atoms with Crippen LogP contribution in [0.15, 0.2) is 0 Å². The molecule has 0 aliphatic carbocycles. The highest BCUT2D eigenvalue weighted by Gasteiger charge is 2.15. The highest BCUT2D eigenvalue weighted by Crippen LogP contribution is 2.24. The summed E-state index contributed by atoms with van der Waals surface area (Å²) in [4.78, 5) is 26.9. The molecule has 7 nitrogen and oxygen atoms in total. The fourth-order valence-corrected chi connectivity index (χ4v) is 9.57. The van der Waals surface area contributed by atoms with Crippen LogP contribution >= 0.6 is 21.6 Å². The molecular formula is C49H97NO6S2. The number of ether oxygens (including phenoxy) is 3. The number of hydrogen-bond donors (Lipinski definition) is 1. The zero-order valence-corrected chi connectivity index (χ0v) is 40.4. The van der Waals surface area contributed by atoms with Crippen LogP contribution in [0.4, 0.5) is 4.79 Å². The molecule has 0 amide bonds. The minimum atomic E-state index is -0.470. The molecule has 1 unspecified atom stereocenters. The number of aliphatic hydroxyl groups excluding tert-OH is 1. The van der Waals surface area contributed by atoms with Crippen molar-refractivity contribution in [3.05, 3.63) is 0 Å². The van der Waals surface area contributed by atoms with Crippen molar-refractivity contribution in [1.82, 2.24) is 4.90 Å². The first kappa shape index (κ1) is 57.4. The lowest BCUT2D eigenvalue weighted by Crippen LogP contribution is -2.29. The Bertz CT molecular complexity index is 837. The lowest BCUT2D eigenvalue weighted by atomic mass is 10.0. The van der Waals surface area contributed by atoms with Crippen LogP contribution in [0.25, 0.3) is 0 Å². The molecule has 0 heterocycles. The maximum Gasteiger partial charge on any atom is 0.508 e. The standard InChI is InChI=1S/C49H97NO6S2/c1-4-7-10-13-15-16-17-23-30-37-47(36-29-12-9-6-3)56-49(53)55-44-34-27-21-19-25-32-40-50(41-42-51)39-31-24-18-20-26-33-43-54-48(52)38-46-58-57-45-35-28-22-14-11-8-5-2/h47,51H,4-46H2,1-3H3. The number of rotatable bonds is 48. The molecule has 0 aromatic heterocycles. The van der Waals surface area contributed by atoms with Gasteiger partial charge in [-0.05, 0) is 70.9 Å². The molecule has 0 spiro atoms.